The maximum absolute atomic E-state index is 12.2. The molecule has 0 aromatic heterocycles. The summed E-state index contributed by atoms with van der Waals surface area (Å²) in [5.74, 6) is 0. The number of benzene rings is 2. The first-order valence-electron chi connectivity index (χ1n) is 5.29. The molecule has 19 heavy (non-hydrogen) atoms. The Bertz CT molecular complexity index is 714. The van der Waals surface area contributed by atoms with Crippen molar-refractivity contribution >= 4 is 38.9 Å². The van der Waals surface area contributed by atoms with Gasteiger partial charge in [-0.05, 0) is 36.8 Å². The lowest BCUT2D eigenvalue weighted by Crippen LogP contribution is -2.14. The van der Waals surface area contributed by atoms with Crippen molar-refractivity contribution in [3.8, 4) is 0 Å². The molecule has 0 amide bonds. The highest BCUT2D eigenvalue weighted by atomic mass is 35.5. The molecule has 0 fully saturated rings. The van der Waals surface area contributed by atoms with Crippen LogP contribution in [0.2, 0.25) is 10.0 Å². The fourth-order valence-corrected chi connectivity index (χ4v) is 3.39. The molecule has 0 atom stereocenters. The van der Waals surface area contributed by atoms with E-state index in [0.29, 0.717) is 16.3 Å². The summed E-state index contributed by atoms with van der Waals surface area (Å²) in [4.78, 5) is -0.0261. The maximum atomic E-state index is 12.2. The van der Waals surface area contributed by atoms with Gasteiger partial charge in [-0.25, -0.2) is 8.42 Å². The van der Waals surface area contributed by atoms with Gasteiger partial charge < -0.3 is 0 Å². The zero-order valence-electron chi connectivity index (χ0n) is 9.73. The highest BCUT2D eigenvalue weighted by Crippen LogP contribution is 2.27. The molecule has 0 spiro atoms. The number of hydrogen-bond donors (Lipinski definition) is 1. The van der Waals surface area contributed by atoms with Crippen molar-refractivity contribution in [2.45, 2.75) is 4.90 Å². The zero-order chi connectivity index (χ0) is 14.0. The van der Waals surface area contributed by atoms with E-state index in [1.165, 1.54) is 18.2 Å². The Hall–Kier alpha value is -1.23. The molecule has 0 aliphatic carbocycles. The number of rotatable bonds is 3. The van der Waals surface area contributed by atoms with Crippen molar-refractivity contribution in [1.29, 1.82) is 0 Å². The number of nitrogens with one attached hydrogen (secondary N) is 1. The zero-order valence-corrected chi connectivity index (χ0v) is 12.1. The third-order valence-electron chi connectivity index (χ3n) is 2.45. The predicted molar refractivity (Wildman–Crippen MR) is 78.2 cm³/mol. The van der Waals surface area contributed by atoms with E-state index in [-0.39, 0.29) is 9.92 Å². The highest BCUT2D eigenvalue weighted by molar-refractivity contribution is 7.92. The summed E-state index contributed by atoms with van der Waals surface area (Å²) in [6.07, 6.45) is 0. The Morgan fingerprint density at radius 1 is 1.05 bits per heavy atom. The second kappa shape index (κ2) is 5.41. The molecule has 0 saturated heterocycles. The van der Waals surface area contributed by atoms with Crippen LogP contribution in [0.25, 0.3) is 0 Å². The van der Waals surface area contributed by atoms with E-state index in [4.69, 9.17) is 23.2 Å². The van der Waals surface area contributed by atoms with Crippen LogP contribution in [0.4, 0.5) is 5.69 Å². The molecule has 2 aromatic rings. The van der Waals surface area contributed by atoms with Crippen LogP contribution < -0.4 is 4.72 Å². The van der Waals surface area contributed by atoms with Crippen molar-refractivity contribution in [2.75, 3.05) is 4.72 Å². The van der Waals surface area contributed by atoms with Crippen LogP contribution >= 0.6 is 23.2 Å². The van der Waals surface area contributed by atoms with Crippen molar-refractivity contribution in [3.05, 3.63) is 65.0 Å². The number of sulfonamides is 1. The van der Waals surface area contributed by atoms with Gasteiger partial charge in [0, 0.05) is 5.02 Å². The number of halogens is 2. The molecular formula is C13H10Cl2NO2S. The average molecular weight is 315 g/mol. The lowest BCUT2D eigenvalue weighted by Gasteiger charge is -2.11. The molecule has 1 radical (unpaired) electrons. The normalized spacial score (nSPS) is 11.3. The third kappa shape index (κ3) is 3.21. The van der Waals surface area contributed by atoms with Crippen LogP contribution in [0, 0.1) is 6.92 Å². The van der Waals surface area contributed by atoms with E-state index < -0.39 is 10.0 Å². The van der Waals surface area contributed by atoms with E-state index >= 15 is 0 Å². The Labute approximate surface area is 122 Å². The van der Waals surface area contributed by atoms with Gasteiger partial charge in [0.15, 0.2) is 0 Å². The molecule has 2 aromatic carbocycles. The number of para-hydroxylation sites is 1. The van der Waals surface area contributed by atoms with Crippen molar-refractivity contribution in [2.24, 2.45) is 0 Å². The second-order valence-corrected chi connectivity index (χ2v) is 6.33. The minimum absolute atomic E-state index is 0.0261. The molecule has 0 heterocycles. The molecule has 0 bridgehead atoms. The predicted octanol–water partition coefficient (Wildman–Crippen LogP) is 3.98. The van der Waals surface area contributed by atoms with Gasteiger partial charge in [-0.2, -0.15) is 0 Å². The third-order valence-corrected chi connectivity index (χ3v) is 4.53. The molecule has 6 heteroatoms. The van der Waals surface area contributed by atoms with Gasteiger partial charge >= 0.3 is 0 Å². The minimum atomic E-state index is -3.76. The average Bonchev–Trinajstić information content (AvgIpc) is 2.31. The first-order valence-corrected chi connectivity index (χ1v) is 7.53. The van der Waals surface area contributed by atoms with E-state index in [0.717, 1.165) is 0 Å². The van der Waals surface area contributed by atoms with Crippen molar-refractivity contribution in [3.63, 3.8) is 0 Å². The molecule has 0 aliphatic rings. The van der Waals surface area contributed by atoms with E-state index in [1.807, 2.05) is 0 Å². The quantitative estimate of drug-likeness (QED) is 0.931. The van der Waals surface area contributed by atoms with Crippen molar-refractivity contribution < 1.29 is 8.42 Å². The molecule has 99 valence electrons. The molecular weight excluding hydrogens is 305 g/mol. The van der Waals surface area contributed by atoms with Gasteiger partial charge in [0.1, 0.15) is 4.90 Å². The molecule has 0 unspecified atom stereocenters. The topological polar surface area (TPSA) is 46.2 Å². The molecule has 3 nitrogen and oxygen atoms in total. The van der Waals surface area contributed by atoms with Crippen LogP contribution in [-0.2, 0) is 10.0 Å². The monoisotopic (exact) mass is 314 g/mol. The highest BCUT2D eigenvalue weighted by Gasteiger charge is 2.18. The fourth-order valence-electron chi connectivity index (χ4n) is 1.51. The summed E-state index contributed by atoms with van der Waals surface area (Å²) in [5, 5.41) is 0.447. The minimum Gasteiger partial charge on any atom is -0.279 e. The van der Waals surface area contributed by atoms with Gasteiger partial charge in [-0.3, -0.25) is 4.72 Å². The van der Waals surface area contributed by atoms with E-state index in [2.05, 4.69) is 11.6 Å². The molecule has 1 N–H and O–H groups in total. The van der Waals surface area contributed by atoms with Crippen LogP contribution in [0.15, 0.2) is 47.4 Å². The number of hydrogen-bond acceptors (Lipinski definition) is 2. The summed E-state index contributed by atoms with van der Waals surface area (Å²) < 4.78 is 26.9. The lowest BCUT2D eigenvalue weighted by molar-refractivity contribution is 0.601. The summed E-state index contributed by atoms with van der Waals surface area (Å²) in [6.45, 7) is 3.75. The van der Waals surface area contributed by atoms with Crippen molar-refractivity contribution in [1.82, 2.24) is 0 Å². The van der Waals surface area contributed by atoms with Crippen LogP contribution in [0.1, 0.15) is 5.56 Å². The van der Waals surface area contributed by atoms with Gasteiger partial charge in [-0.1, -0.05) is 41.4 Å². The first kappa shape index (κ1) is 14.2. The Morgan fingerprint density at radius 3 is 2.37 bits per heavy atom. The maximum Gasteiger partial charge on any atom is 0.263 e. The van der Waals surface area contributed by atoms with Gasteiger partial charge in [0.2, 0.25) is 0 Å². The summed E-state index contributed by atoms with van der Waals surface area (Å²) in [7, 11) is -3.76. The summed E-state index contributed by atoms with van der Waals surface area (Å²) in [5.41, 5.74) is 0.990. The number of anilines is 1. The summed E-state index contributed by atoms with van der Waals surface area (Å²) >= 11 is 11.6. The standard InChI is InChI=1S/C13H10Cl2NO2S/c1-9-4-2-3-5-12(9)16-19(17,18)13-7-6-10(14)8-11(13)15/h2-8,16H,1H2. The molecule has 0 aliphatic heterocycles. The van der Waals surface area contributed by atoms with Gasteiger partial charge in [0.05, 0.1) is 10.7 Å². The Balaban J connectivity index is 2.41. The smallest absolute Gasteiger partial charge is 0.263 e. The fraction of sp³-hybridized carbons (Fsp3) is 0. The lowest BCUT2D eigenvalue weighted by atomic mass is 10.2. The van der Waals surface area contributed by atoms with Crippen LogP contribution in [0.5, 0.6) is 0 Å². The van der Waals surface area contributed by atoms with Crippen LogP contribution in [0.3, 0.4) is 0 Å². The van der Waals surface area contributed by atoms with E-state index in [1.54, 1.807) is 24.3 Å². The second-order valence-electron chi connectivity index (χ2n) is 3.84. The SMILES string of the molecule is [CH2]c1ccccc1NS(=O)(=O)c1ccc(Cl)cc1Cl. The first-order chi connectivity index (χ1) is 8.90. The summed E-state index contributed by atoms with van der Waals surface area (Å²) in [6, 6.07) is 11.0. The largest absolute Gasteiger partial charge is 0.279 e. The van der Waals surface area contributed by atoms with E-state index in [9.17, 15) is 8.42 Å². The molecule has 2 rings (SSSR count). The Kier molecular flexibility index (Phi) is 4.04. The molecule has 0 saturated carbocycles. The van der Waals surface area contributed by atoms with Gasteiger partial charge in [-0.15, -0.1) is 0 Å². The van der Waals surface area contributed by atoms with Gasteiger partial charge in [0.25, 0.3) is 10.0 Å². The van der Waals surface area contributed by atoms with Crippen LogP contribution in [-0.4, -0.2) is 8.42 Å². The Morgan fingerprint density at radius 2 is 1.74 bits per heavy atom.